The second kappa shape index (κ2) is 4.00. The van der Waals surface area contributed by atoms with Crippen molar-refractivity contribution < 1.29 is 0 Å². The Balaban J connectivity index is 2.08. The van der Waals surface area contributed by atoms with Crippen LogP contribution in [-0.2, 0) is 0 Å². The second-order valence-corrected chi connectivity index (χ2v) is 3.85. The summed E-state index contributed by atoms with van der Waals surface area (Å²) in [5, 5.41) is 0. The molecule has 1 unspecified atom stereocenters. The lowest BCUT2D eigenvalue weighted by Crippen LogP contribution is -2.40. The number of nitrogen functional groups attached to an aromatic ring is 1. The van der Waals surface area contributed by atoms with Crippen LogP contribution in [0.25, 0.3) is 0 Å². The van der Waals surface area contributed by atoms with Gasteiger partial charge in [-0.15, -0.1) is 0 Å². The number of rotatable bonds is 2. The maximum absolute atomic E-state index is 5.66. The highest BCUT2D eigenvalue weighted by atomic mass is 15.2. The molecule has 6 heteroatoms. The minimum Gasteiger partial charge on any atom is -0.368 e. The van der Waals surface area contributed by atoms with Gasteiger partial charge in [-0.3, -0.25) is 0 Å². The lowest BCUT2D eigenvalue weighted by atomic mass is 10.1. The van der Waals surface area contributed by atoms with E-state index in [9.17, 15) is 0 Å². The number of aromatic nitrogens is 2. The molecule has 0 radical (unpaired) electrons. The van der Waals surface area contributed by atoms with Crippen LogP contribution in [0.1, 0.15) is 6.42 Å². The fourth-order valence-corrected chi connectivity index (χ4v) is 1.85. The lowest BCUT2D eigenvalue weighted by Gasteiger charge is -2.18. The van der Waals surface area contributed by atoms with E-state index in [1.54, 1.807) is 6.20 Å². The molecule has 0 amide bonds. The zero-order valence-electron chi connectivity index (χ0n) is 8.50. The molecule has 0 bridgehead atoms. The van der Waals surface area contributed by atoms with Crippen molar-refractivity contribution in [1.29, 1.82) is 0 Å². The average molecular weight is 208 g/mol. The van der Waals surface area contributed by atoms with E-state index in [-0.39, 0.29) is 6.17 Å². The van der Waals surface area contributed by atoms with Gasteiger partial charge in [0.05, 0.1) is 6.17 Å². The molecular weight excluding hydrogens is 192 g/mol. The van der Waals surface area contributed by atoms with E-state index in [1.165, 1.54) is 0 Å². The molecule has 1 aromatic rings. The summed E-state index contributed by atoms with van der Waals surface area (Å²) in [5.74, 6) is 1.49. The third kappa shape index (κ3) is 2.16. The molecule has 0 aliphatic carbocycles. The molecule has 0 saturated carbocycles. The molecule has 1 aliphatic heterocycles. The fourth-order valence-electron chi connectivity index (χ4n) is 1.85. The van der Waals surface area contributed by atoms with Gasteiger partial charge < -0.3 is 22.1 Å². The molecular formula is C9H16N6. The van der Waals surface area contributed by atoms with Gasteiger partial charge in [-0.1, -0.05) is 0 Å². The van der Waals surface area contributed by atoms with E-state index >= 15 is 0 Å². The van der Waals surface area contributed by atoms with Crippen LogP contribution in [0.5, 0.6) is 0 Å². The van der Waals surface area contributed by atoms with Crippen molar-refractivity contribution in [1.82, 2.24) is 9.97 Å². The molecule has 6 N–H and O–H groups in total. The van der Waals surface area contributed by atoms with Gasteiger partial charge in [-0.25, -0.2) is 4.98 Å². The standard InChI is InChI=1S/C9H16N6/c10-8(11)6-2-4-15(5-6)7-1-3-13-9(12)14-7/h1,3,6,8H,2,4-5,10-11H2,(H2,12,13,14). The maximum Gasteiger partial charge on any atom is 0.221 e. The molecule has 0 spiro atoms. The molecule has 6 nitrogen and oxygen atoms in total. The predicted octanol–water partition coefficient (Wildman–Crippen LogP) is -0.871. The van der Waals surface area contributed by atoms with E-state index < -0.39 is 0 Å². The van der Waals surface area contributed by atoms with Crippen molar-refractivity contribution in [3.8, 4) is 0 Å². The summed E-state index contributed by atoms with van der Waals surface area (Å²) in [4.78, 5) is 10.2. The zero-order valence-corrected chi connectivity index (χ0v) is 8.50. The first-order valence-electron chi connectivity index (χ1n) is 5.01. The summed E-state index contributed by atoms with van der Waals surface area (Å²) in [5.41, 5.74) is 16.8. The normalized spacial score (nSPS) is 21.3. The van der Waals surface area contributed by atoms with E-state index in [1.807, 2.05) is 6.07 Å². The Morgan fingerprint density at radius 2 is 2.27 bits per heavy atom. The molecule has 15 heavy (non-hydrogen) atoms. The topological polar surface area (TPSA) is 107 Å². The van der Waals surface area contributed by atoms with Gasteiger partial charge in [0.25, 0.3) is 0 Å². The van der Waals surface area contributed by atoms with Crippen molar-refractivity contribution in [3.63, 3.8) is 0 Å². The van der Waals surface area contributed by atoms with E-state index in [0.29, 0.717) is 11.9 Å². The van der Waals surface area contributed by atoms with Gasteiger partial charge in [-0.2, -0.15) is 4.98 Å². The van der Waals surface area contributed by atoms with Gasteiger partial charge >= 0.3 is 0 Å². The summed E-state index contributed by atoms with van der Waals surface area (Å²) in [6.07, 6.45) is 2.41. The van der Waals surface area contributed by atoms with Crippen LogP contribution in [0.15, 0.2) is 12.3 Å². The van der Waals surface area contributed by atoms with Crippen molar-refractivity contribution in [2.45, 2.75) is 12.6 Å². The zero-order chi connectivity index (χ0) is 10.8. The maximum atomic E-state index is 5.66. The highest BCUT2D eigenvalue weighted by Crippen LogP contribution is 2.22. The smallest absolute Gasteiger partial charge is 0.221 e. The van der Waals surface area contributed by atoms with Crippen LogP contribution >= 0.6 is 0 Å². The number of anilines is 2. The summed E-state index contributed by atoms with van der Waals surface area (Å²) in [7, 11) is 0. The van der Waals surface area contributed by atoms with E-state index in [2.05, 4.69) is 14.9 Å². The van der Waals surface area contributed by atoms with Crippen molar-refractivity contribution in [3.05, 3.63) is 12.3 Å². The summed E-state index contributed by atoms with van der Waals surface area (Å²) in [6.45, 7) is 1.76. The highest BCUT2D eigenvalue weighted by molar-refractivity contribution is 5.42. The average Bonchev–Trinajstić information content (AvgIpc) is 2.66. The fraction of sp³-hybridized carbons (Fsp3) is 0.556. The minimum absolute atomic E-state index is 0.255. The molecule has 2 rings (SSSR count). The van der Waals surface area contributed by atoms with Crippen molar-refractivity contribution >= 4 is 11.8 Å². The molecule has 1 saturated heterocycles. The van der Waals surface area contributed by atoms with Crippen LogP contribution in [0, 0.1) is 5.92 Å². The third-order valence-electron chi connectivity index (χ3n) is 2.75. The van der Waals surface area contributed by atoms with Gasteiger partial charge in [-0.05, 0) is 12.5 Å². The van der Waals surface area contributed by atoms with Gasteiger partial charge in [0.1, 0.15) is 5.82 Å². The Morgan fingerprint density at radius 1 is 1.47 bits per heavy atom. The first kappa shape index (κ1) is 10.1. The number of nitrogens with zero attached hydrogens (tertiary/aromatic N) is 3. The molecule has 82 valence electrons. The van der Waals surface area contributed by atoms with Gasteiger partial charge in [0.2, 0.25) is 5.95 Å². The van der Waals surface area contributed by atoms with E-state index in [4.69, 9.17) is 17.2 Å². The Bertz CT molecular complexity index is 339. The van der Waals surface area contributed by atoms with Crippen LogP contribution in [0.2, 0.25) is 0 Å². The highest BCUT2D eigenvalue weighted by Gasteiger charge is 2.26. The van der Waals surface area contributed by atoms with Crippen LogP contribution < -0.4 is 22.1 Å². The van der Waals surface area contributed by atoms with Gasteiger partial charge in [0.15, 0.2) is 0 Å². The first-order valence-corrected chi connectivity index (χ1v) is 5.01. The number of hydrogen-bond donors (Lipinski definition) is 3. The summed E-state index contributed by atoms with van der Waals surface area (Å²) in [6, 6.07) is 1.85. The molecule has 1 aliphatic rings. The monoisotopic (exact) mass is 208 g/mol. The Labute approximate surface area is 88.5 Å². The van der Waals surface area contributed by atoms with Crippen LogP contribution in [-0.4, -0.2) is 29.2 Å². The predicted molar refractivity (Wildman–Crippen MR) is 58.9 cm³/mol. The number of nitrogens with two attached hydrogens (primary N) is 3. The van der Waals surface area contributed by atoms with Gasteiger partial charge in [0, 0.05) is 25.2 Å². The summed E-state index contributed by atoms with van der Waals surface area (Å²) >= 11 is 0. The third-order valence-corrected chi connectivity index (χ3v) is 2.75. The van der Waals surface area contributed by atoms with Crippen LogP contribution in [0.3, 0.4) is 0 Å². The minimum atomic E-state index is -0.255. The first-order chi connectivity index (χ1) is 7.16. The van der Waals surface area contributed by atoms with Crippen molar-refractivity contribution in [2.24, 2.45) is 17.4 Å². The lowest BCUT2D eigenvalue weighted by molar-refractivity contribution is 0.470. The SMILES string of the molecule is Nc1nccc(N2CCC(C(N)N)C2)n1. The van der Waals surface area contributed by atoms with E-state index in [0.717, 1.165) is 25.3 Å². The van der Waals surface area contributed by atoms with Crippen molar-refractivity contribution in [2.75, 3.05) is 23.7 Å². The summed E-state index contributed by atoms with van der Waals surface area (Å²) < 4.78 is 0. The van der Waals surface area contributed by atoms with Crippen LogP contribution in [0.4, 0.5) is 11.8 Å². The molecule has 1 atom stereocenters. The molecule has 1 aromatic heterocycles. The Kier molecular flexibility index (Phi) is 2.70. The quantitative estimate of drug-likeness (QED) is 0.545. The largest absolute Gasteiger partial charge is 0.368 e. The number of hydrogen-bond acceptors (Lipinski definition) is 6. The second-order valence-electron chi connectivity index (χ2n) is 3.85. The Morgan fingerprint density at radius 3 is 2.87 bits per heavy atom. The molecule has 0 aromatic carbocycles. The molecule has 2 heterocycles. The Hall–Kier alpha value is -1.40. The molecule has 1 fully saturated rings.